The van der Waals surface area contributed by atoms with E-state index in [1.807, 2.05) is 6.20 Å². The maximum Gasteiger partial charge on any atom is 0.0826 e. The summed E-state index contributed by atoms with van der Waals surface area (Å²) in [5, 5.41) is 4.77. The second kappa shape index (κ2) is 6.39. The number of H-pyrrole nitrogens is 1. The Hall–Kier alpha value is -1.36. The molecule has 20 heavy (non-hydrogen) atoms. The van der Waals surface area contributed by atoms with Crippen LogP contribution in [0.15, 0.2) is 30.5 Å². The molecule has 0 aliphatic carbocycles. The Kier molecular flexibility index (Phi) is 4.35. The fourth-order valence-corrected chi connectivity index (χ4v) is 2.77. The SMILES string of the molecule is CCN1CCOC(CNCc2ccc3cc[nH]c3c2)C1. The number of fused-ring (bicyclic) bond motifs is 1. The van der Waals surface area contributed by atoms with Gasteiger partial charge in [0.1, 0.15) is 0 Å². The number of hydrogen-bond acceptors (Lipinski definition) is 3. The summed E-state index contributed by atoms with van der Waals surface area (Å²) in [7, 11) is 0. The highest BCUT2D eigenvalue weighted by atomic mass is 16.5. The van der Waals surface area contributed by atoms with Crippen molar-refractivity contribution in [3.05, 3.63) is 36.0 Å². The lowest BCUT2D eigenvalue weighted by Gasteiger charge is -2.32. The van der Waals surface area contributed by atoms with Gasteiger partial charge in [0.25, 0.3) is 0 Å². The molecule has 2 aromatic rings. The van der Waals surface area contributed by atoms with E-state index in [1.165, 1.54) is 16.5 Å². The number of ether oxygens (including phenoxy) is 1. The Morgan fingerprint density at radius 2 is 2.35 bits per heavy atom. The number of hydrogen-bond donors (Lipinski definition) is 2. The van der Waals surface area contributed by atoms with Crippen LogP contribution >= 0.6 is 0 Å². The van der Waals surface area contributed by atoms with E-state index in [1.54, 1.807) is 0 Å². The minimum absolute atomic E-state index is 0.318. The molecule has 0 spiro atoms. The van der Waals surface area contributed by atoms with Crippen molar-refractivity contribution < 1.29 is 4.74 Å². The van der Waals surface area contributed by atoms with Crippen LogP contribution in [0.5, 0.6) is 0 Å². The highest BCUT2D eigenvalue weighted by Gasteiger charge is 2.18. The number of nitrogens with one attached hydrogen (secondary N) is 2. The molecule has 1 aliphatic rings. The predicted octanol–water partition coefficient (Wildman–Crippen LogP) is 1.98. The molecule has 1 aromatic heterocycles. The molecule has 2 N–H and O–H groups in total. The van der Waals surface area contributed by atoms with E-state index in [2.05, 4.69) is 46.4 Å². The third-order valence-corrected chi connectivity index (χ3v) is 3.99. The number of rotatable bonds is 5. The first-order valence-corrected chi connectivity index (χ1v) is 7.46. The van der Waals surface area contributed by atoms with Crippen molar-refractivity contribution in [3.63, 3.8) is 0 Å². The summed E-state index contributed by atoms with van der Waals surface area (Å²) in [6, 6.07) is 8.66. The lowest BCUT2D eigenvalue weighted by atomic mass is 10.1. The molecule has 3 rings (SSSR count). The molecule has 1 aliphatic heterocycles. The van der Waals surface area contributed by atoms with Crippen molar-refractivity contribution >= 4 is 10.9 Å². The topological polar surface area (TPSA) is 40.3 Å². The standard InChI is InChI=1S/C16H23N3O/c1-2-19-7-8-20-15(12-19)11-17-10-13-3-4-14-5-6-18-16(14)9-13/h3-6,9,15,17-18H,2,7-8,10-12H2,1H3. The summed E-state index contributed by atoms with van der Waals surface area (Å²) in [4.78, 5) is 5.70. The molecule has 4 heteroatoms. The third-order valence-electron chi connectivity index (χ3n) is 3.99. The van der Waals surface area contributed by atoms with Gasteiger partial charge in [0.15, 0.2) is 0 Å². The number of likely N-dealkylation sites (N-methyl/N-ethyl adjacent to an activating group) is 1. The van der Waals surface area contributed by atoms with Crippen LogP contribution in [0.25, 0.3) is 10.9 Å². The first kappa shape index (κ1) is 13.6. The largest absolute Gasteiger partial charge is 0.374 e. The second-order valence-electron chi connectivity index (χ2n) is 5.42. The molecule has 2 heterocycles. The van der Waals surface area contributed by atoms with Gasteiger partial charge in [0.2, 0.25) is 0 Å². The van der Waals surface area contributed by atoms with Gasteiger partial charge in [-0.05, 0) is 29.6 Å². The third kappa shape index (κ3) is 3.20. The molecule has 1 saturated heterocycles. The first-order chi connectivity index (χ1) is 9.85. The average Bonchev–Trinajstić information content (AvgIpc) is 2.95. The van der Waals surface area contributed by atoms with Gasteiger partial charge < -0.3 is 15.0 Å². The summed E-state index contributed by atoms with van der Waals surface area (Å²) in [5.41, 5.74) is 2.51. The molecule has 1 fully saturated rings. The van der Waals surface area contributed by atoms with Crippen LogP contribution in [0.2, 0.25) is 0 Å². The number of aromatic amines is 1. The van der Waals surface area contributed by atoms with Crippen molar-refractivity contribution in [1.29, 1.82) is 0 Å². The fraction of sp³-hybridized carbons (Fsp3) is 0.500. The molecule has 0 radical (unpaired) electrons. The number of nitrogens with zero attached hydrogens (tertiary/aromatic N) is 1. The zero-order valence-electron chi connectivity index (χ0n) is 12.1. The number of benzene rings is 1. The van der Waals surface area contributed by atoms with E-state index in [9.17, 15) is 0 Å². The van der Waals surface area contributed by atoms with Crippen LogP contribution < -0.4 is 5.32 Å². The maximum atomic E-state index is 5.80. The molecular weight excluding hydrogens is 250 g/mol. The van der Waals surface area contributed by atoms with Gasteiger partial charge in [-0.15, -0.1) is 0 Å². The molecule has 1 atom stereocenters. The van der Waals surface area contributed by atoms with E-state index in [0.717, 1.165) is 39.3 Å². The maximum absolute atomic E-state index is 5.80. The summed E-state index contributed by atoms with van der Waals surface area (Å²) >= 11 is 0. The Morgan fingerprint density at radius 1 is 1.40 bits per heavy atom. The van der Waals surface area contributed by atoms with Crippen molar-refractivity contribution in [2.24, 2.45) is 0 Å². The highest BCUT2D eigenvalue weighted by molar-refractivity contribution is 5.79. The van der Waals surface area contributed by atoms with Crippen LogP contribution in [0.1, 0.15) is 12.5 Å². The summed E-state index contributed by atoms with van der Waals surface area (Å²) in [6.45, 7) is 8.09. The van der Waals surface area contributed by atoms with E-state index >= 15 is 0 Å². The Morgan fingerprint density at radius 3 is 3.25 bits per heavy atom. The van der Waals surface area contributed by atoms with Gasteiger partial charge in [0.05, 0.1) is 12.7 Å². The van der Waals surface area contributed by atoms with Crippen LogP contribution in [0.3, 0.4) is 0 Å². The lowest BCUT2D eigenvalue weighted by Crippen LogP contribution is -2.46. The van der Waals surface area contributed by atoms with Crippen molar-refractivity contribution in [2.45, 2.75) is 19.6 Å². The second-order valence-corrected chi connectivity index (χ2v) is 5.42. The van der Waals surface area contributed by atoms with E-state index in [4.69, 9.17) is 4.74 Å². The van der Waals surface area contributed by atoms with Gasteiger partial charge in [-0.3, -0.25) is 4.90 Å². The van der Waals surface area contributed by atoms with E-state index in [-0.39, 0.29) is 0 Å². The van der Waals surface area contributed by atoms with E-state index in [0.29, 0.717) is 6.10 Å². The molecule has 0 amide bonds. The Bertz CT molecular complexity index is 551. The Labute approximate surface area is 120 Å². The minimum Gasteiger partial charge on any atom is -0.374 e. The normalized spacial score (nSPS) is 20.6. The quantitative estimate of drug-likeness (QED) is 0.875. The van der Waals surface area contributed by atoms with Crippen molar-refractivity contribution in [1.82, 2.24) is 15.2 Å². The van der Waals surface area contributed by atoms with Gasteiger partial charge >= 0.3 is 0 Å². The lowest BCUT2D eigenvalue weighted by molar-refractivity contribution is -0.0253. The fourth-order valence-electron chi connectivity index (χ4n) is 2.77. The summed E-state index contributed by atoms with van der Waals surface area (Å²) in [5.74, 6) is 0. The first-order valence-electron chi connectivity index (χ1n) is 7.46. The van der Waals surface area contributed by atoms with Crippen molar-refractivity contribution in [2.75, 3.05) is 32.8 Å². The minimum atomic E-state index is 0.318. The van der Waals surface area contributed by atoms with Crippen LogP contribution in [0, 0.1) is 0 Å². The highest BCUT2D eigenvalue weighted by Crippen LogP contribution is 2.14. The average molecular weight is 273 g/mol. The van der Waals surface area contributed by atoms with Crippen LogP contribution in [0.4, 0.5) is 0 Å². The number of morpholine rings is 1. The molecule has 1 aromatic carbocycles. The molecule has 1 unspecified atom stereocenters. The zero-order chi connectivity index (χ0) is 13.8. The monoisotopic (exact) mass is 273 g/mol. The van der Waals surface area contributed by atoms with Gasteiger partial charge in [-0.2, -0.15) is 0 Å². The van der Waals surface area contributed by atoms with Crippen molar-refractivity contribution in [3.8, 4) is 0 Å². The molecule has 0 bridgehead atoms. The number of aromatic nitrogens is 1. The molecule has 4 nitrogen and oxygen atoms in total. The summed E-state index contributed by atoms with van der Waals surface area (Å²) < 4.78 is 5.80. The van der Waals surface area contributed by atoms with Crippen LogP contribution in [-0.4, -0.2) is 48.8 Å². The molecule has 0 saturated carbocycles. The molecular formula is C16H23N3O. The van der Waals surface area contributed by atoms with Gasteiger partial charge in [-0.25, -0.2) is 0 Å². The van der Waals surface area contributed by atoms with Gasteiger partial charge in [-0.1, -0.05) is 19.1 Å². The molecule has 108 valence electrons. The van der Waals surface area contributed by atoms with E-state index < -0.39 is 0 Å². The van der Waals surface area contributed by atoms with Crippen LogP contribution in [-0.2, 0) is 11.3 Å². The van der Waals surface area contributed by atoms with Gasteiger partial charge in [0, 0.05) is 37.9 Å². The summed E-state index contributed by atoms with van der Waals surface area (Å²) in [6.07, 6.45) is 2.30. The Balaban J connectivity index is 1.49. The smallest absolute Gasteiger partial charge is 0.0826 e. The zero-order valence-corrected chi connectivity index (χ0v) is 12.1. The predicted molar refractivity (Wildman–Crippen MR) is 81.9 cm³/mol.